The Labute approximate surface area is 146 Å². The molecule has 1 aliphatic heterocycles. The highest BCUT2D eigenvalue weighted by molar-refractivity contribution is 8.00. The third-order valence-corrected chi connectivity index (χ3v) is 6.97. The summed E-state index contributed by atoms with van der Waals surface area (Å²) in [4.78, 5) is 4.91. The molecule has 134 valence electrons. The monoisotopic (exact) mass is 341 g/mol. The molecular weight excluding hydrogens is 306 g/mol. The van der Waals surface area contributed by atoms with Crippen LogP contribution in [0.15, 0.2) is 4.99 Å². The second kappa shape index (κ2) is 9.16. The average molecular weight is 342 g/mol. The van der Waals surface area contributed by atoms with Gasteiger partial charge in [-0.1, -0.05) is 20.3 Å². The van der Waals surface area contributed by atoms with Crippen LogP contribution in [0.2, 0.25) is 0 Å². The normalized spacial score (nSPS) is 23.2. The summed E-state index contributed by atoms with van der Waals surface area (Å²) in [5.41, 5.74) is 0.483. The number of ether oxygens (including phenoxy) is 1. The largest absolute Gasteiger partial charge is 0.381 e. The van der Waals surface area contributed by atoms with Gasteiger partial charge >= 0.3 is 0 Å². The molecule has 2 rings (SSSR count). The van der Waals surface area contributed by atoms with Crippen molar-refractivity contribution in [2.75, 3.05) is 38.6 Å². The molecule has 5 heteroatoms. The molecule has 0 aromatic heterocycles. The topological polar surface area (TPSA) is 45.7 Å². The molecule has 0 spiro atoms. The predicted molar refractivity (Wildman–Crippen MR) is 101 cm³/mol. The molecule has 0 amide bonds. The Balaban J connectivity index is 1.92. The number of aliphatic imine (C=N–C) groups is 1. The number of hydrogen-bond donors (Lipinski definition) is 2. The van der Waals surface area contributed by atoms with E-state index in [2.05, 4.69) is 43.2 Å². The van der Waals surface area contributed by atoms with Crippen LogP contribution in [0.25, 0.3) is 0 Å². The van der Waals surface area contributed by atoms with Gasteiger partial charge in [-0.25, -0.2) is 0 Å². The standard InChI is InChI=1S/C18H35N3OS/c1-4-17(8-7-9-17)14-20-16(19-5-2)21-15-18(23-6-3)10-12-22-13-11-18/h4-15H2,1-3H3,(H2,19,20,21). The average Bonchev–Trinajstić information content (AvgIpc) is 2.53. The number of guanidine groups is 1. The molecule has 1 saturated carbocycles. The molecule has 2 aliphatic rings. The van der Waals surface area contributed by atoms with Crippen LogP contribution in [-0.2, 0) is 4.74 Å². The molecule has 4 nitrogen and oxygen atoms in total. The SMILES string of the molecule is CCNC(=NCC1(CC)CCC1)NCC1(SCC)CCOCC1. The zero-order valence-corrected chi connectivity index (χ0v) is 16.1. The summed E-state index contributed by atoms with van der Waals surface area (Å²) in [5.74, 6) is 2.16. The fourth-order valence-corrected chi connectivity index (χ4v) is 4.80. The number of hydrogen-bond acceptors (Lipinski definition) is 3. The molecule has 1 saturated heterocycles. The van der Waals surface area contributed by atoms with Gasteiger partial charge in [-0.3, -0.25) is 4.99 Å². The van der Waals surface area contributed by atoms with E-state index >= 15 is 0 Å². The Morgan fingerprint density at radius 3 is 2.35 bits per heavy atom. The summed E-state index contributed by atoms with van der Waals surface area (Å²) in [6, 6.07) is 0. The summed E-state index contributed by atoms with van der Waals surface area (Å²) in [6.07, 6.45) is 7.60. The van der Waals surface area contributed by atoms with Gasteiger partial charge in [0, 0.05) is 37.6 Å². The van der Waals surface area contributed by atoms with Crippen molar-refractivity contribution < 1.29 is 4.74 Å². The molecule has 0 bridgehead atoms. The number of thioether (sulfide) groups is 1. The van der Waals surface area contributed by atoms with E-state index in [0.29, 0.717) is 10.2 Å². The van der Waals surface area contributed by atoms with Gasteiger partial charge in [0.2, 0.25) is 0 Å². The molecule has 1 aliphatic carbocycles. The Bertz CT molecular complexity index is 365. The van der Waals surface area contributed by atoms with Gasteiger partial charge in [0.1, 0.15) is 0 Å². The number of rotatable bonds is 8. The first-order valence-electron chi connectivity index (χ1n) is 9.41. The van der Waals surface area contributed by atoms with Gasteiger partial charge in [-0.05, 0) is 50.2 Å². The van der Waals surface area contributed by atoms with Gasteiger partial charge in [-0.15, -0.1) is 0 Å². The van der Waals surface area contributed by atoms with E-state index in [1.54, 1.807) is 0 Å². The van der Waals surface area contributed by atoms with Crippen molar-refractivity contribution in [3.8, 4) is 0 Å². The fourth-order valence-electron chi connectivity index (χ4n) is 3.56. The lowest BCUT2D eigenvalue weighted by Gasteiger charge is -2.40. The highest BCUT2D eigenvalue weighted by Gasteiger charge is 2.35. The molecule has 0 aromatic rings. The second-order valence-electron chi connectivity index (χ2n) is 6.98. The fraction of sp³-hybridized carbons (Fsp3) is 0.944. The highest BCUT2D eigenvalue weighted by Crippen LogP contribution is 2.43. The van der Waals surface area contributed by atoms with Gasteiger partial charge in [0.05, 0.1) is 0 Å². The van der Waals surface area contributed by atoms with E-state index in [4.69, 9.17) is 9.73 Å². The lowest BCUT2D eigenvalue weighted by Crippen LogP contribution is -2.48. The molecule has 0 aromatic carbocycles. The molecule has 0 atom stereocenters. The van der Waals surface area contributed by atoms with E-state index in [0.717, 1.165) is 57.4 Å². The first-order chi connectivity index (χ1) is 11.2. The minimum atomic E-state index is 0.308. The zero-order chi connectivity index (χ0) is 16.6. The van der Waals surface area contributed by atoms with Crippen molar-refractivity contribution in [3.05, 3.63) is 0 Å². The van der Waals surface area contributed by atoms with E-state index in [1.807, 2.05) is 0 Å². The van der Waals surface area contributed by atoms with Crippen LogP contribution in [0.1, 0.15) is 59.3 Å². The van der Waals surface area contributed by atoms with E-state index in [9.17, 15) is 0 Å². The van der Waals surface area contributed by atoms with Crippen molar-refractivity contribution >= 4 is 17.7 Å². The first kappa shape index (κ1) is 18.9. The van der Waals surface area contributed by atoms with Gasteiger partial charge < -0.3 is 15.4 Å². The summed E-state index contributed by atoms with van der Waals surface area (Å²) in [7, 11) is 0. The van der Waals surface area contributed by atoms with Crippen molar-refractivity contribution in [2.24, 2.45) is 10.4 Å². The third kappa shape index (κ3) is 5.28. The van der Waals surface area contributed by atoms with E-state index in [1.165, 1.54) is 25.7 Å². The molecule has 0 unspecified atom stereocenters. The van der Waals surface area contributed by atoms with Gasteiger partial charge in [-0.2, -0.15) is 11.8 Å². The van der Waals surface area contributed by atoms with Gasteiger partial charge in [0.15, 0.2) is 5.96 Å². The van der Waals surface area contributed by atoms with Crippen molar-refractivity contribution in [1.82, 2.24) is 10.6 Å². The van der Waals surface area contributed by atoms with Crippen LogP contribution < -0.4 is 10.6 Å². The summed E-state index contributed by atoms with van der Waals surface area (Å²) in [5, 5.41) is 7.05. The minimum Gasteiger partial charge on any atom is -0.381 e. The van der Waals surface area contributed by atoms with E-state index < -0.39 is 0 Å². The maximum atomic E-state index is 5.57. The Kier molecular flexibility index (Phi) is 7.54. The van der Waals surface area contributed by atoms with Crippen molar-refractivity contribution in [3.63, 3.8) is 0 Å². The van der Waals surface area contributed by atoms with Crippen molar-refractivity contribution in [1.29, 1.82) is 0 Å². The van der Waals surface area contributed by atoms with Crippen molar-refractivity contribution in [2.45, 2.75) is 64.0 Å². The van der Waals surface area contributed by atoms with Crippen LogP contribution >= 0.6 is 11.8 Å². The zero-order valence-electron chi connectivity index (χ0n) is 15.2. The van der Waals surface area contributed by atoms with Crippen LogP contribution in [0.5, 0.6) is 0 Å². The molecule has 1 heterocycles. The molecular formula is C18H35N3OS. The molecule has 2 fully saturated rings. The first-order valence-corrected chi connectivity index (χ1v) is 10.4. The molecule has 0 radical (unpaired) electrons. The lowest BCUT2D eigenvalue weighted by molar-refractivity contribution is 0.0782. The van der Waals surface area contributed by atoms with Gasteiger partial charge in [0.25, 0.3) is 0 Å². The summed E-state index contributed by atoms with van der Waals surface area (Å²) < 4.78 is 5.87. The third-order valence-electron chi connectivity index (χ3n) is 5.51. The lowest BCUT2D eigenvalue weighted by atomic mass is 9.67. The Hall–Kier alpha value is -0.420. The van der Waals surface area contributed by atoms with E-state index in [-0.39, 0.29) is 0 Å². The van der Waals surface area contributed by atoms with Crippen LogP contribution in [0.4, 0.5) is 0 Å². The second-order valence-corrected chi connectivity index (χ2v) is 8.72. The van der Waals surface area contributed by atoms with Crippen LogP contribution in [0, 0.1) is 5.41 Å². The summed E-state index contributed by atoms with van der Waals surface area (Å²) >= 11 is 2.08. The molecule has 23 heavy (non-hydrogen) atoms. The van der Waals surface area contributed by atoms with Crippen LogP contribution in [-0.4, -0.2) is 49.3 Å². The highest BCUT2D eigenvalue weighted by atomic mass is 32.2. The minimum absolute atomic E-state index is 0.308. The summed E-state index contributed by atoms with van der Waals surface area (Å²) in [6.45, 7) is 11.4. The number of nitrogens with one attached hydrogen (secondary N) is 2. The molecule has 2 N–H and O–H groups in total. The quantitative estimate of drug-likeness (QED) is 0.524. The maximum absolute atomic E-state index is 5.57. The van der Waals surface area contributed by atoms with Crippen LogP contribution in [0.3, 0.4) is 0 Å². The Morgan fingerprint density at radius 2 is 1.83 bits per heavy atom. The number of nitrogens with zero attached hydrogens (tertiary/aromatic N) is 1. The smallest absolute Gasteiger partial charge is 0.191 e. The Morgan fingerprint density at radius 1 is 1.09 bits per heavy atom. The predicted octanol–water partition coefficient (Wildman–Crippen LogP) is 3.42. The maximum Gasteiger partial charge on any atom is 0.191 e.